The monoisotopic (exact) mass is 334 g/mol. The number of methoxy groups -OCH3 is 1. The van der Waals surface area contributed by atoms with Crippen molar-refractivity contribution in [1.82, 2.24) is 10.6 Å². The first-order valence-corrected chi connectivity index (χ1v) is 7.89. The van der Waals surface area contributed by atoms with Gasteiger partial charge in [0.25, 0.3) is 0 Å². The van der Waals surface area contributed by atoms with Gasteiger partial charge in [0, 0.05) is 23.5 Å². The highest BCUT2D eigenvalue weighted by molar-refractivity contribution is 7.10. The first-order chi connectivity index (χ1) is 11.1. The molecule has 1 aromatic carbocycles. The molecule has 6 nitrogen and oxygen atoms in total. The van der Waals surface area contributed by atoms with E-state index in [0.717, 1.165) is 10.4 Å². The summed E-state index contributed by atoms with van der Waals surface area (Å²) < 4.78 is 5.17. The van der Waals surface area contributed by atoms with Crippen LogP contribution in [-0.2, 0) is 16.1 Å². The molecule has 0 aliphatic rings. The summed E-state index contributed by atoms with van der Waals surface area (Å²) >= 11 is 1.39. The molecule has 1 aromatic heterocycles. The third kappa shape index (κ3) is 4.80. The Bertz CT molecular complexity index is 658. The number of aliphatic hydroxyl groups is 1. The van der Waals surface area contributed by atoms with E-state index in [-0.39, 0.29) is 13.1 Å². The minimum atomic E-state index is -0.819. The molecule has 0 unspecified atom stereocenters. The normalized spacial score (nSPS) is 11.6. The van der Waals surface area contributed by atoms with E-state index in [9.17, 15) is 14.7 Å². The number of ether oxygens (including phenoxy) is 1. The van der Waals surface area contributed by atoms with Gasteiger partial charge in [-0.25, -0.2) is 0 Å². The average molecular weight is 334 g/mol. The van der Waals surface area contributed by atoms with Gasteiger partial charge < -0.3 is 20.5 Å². The summed E-state index contributed by atoms with van der Waals surface area (Å²) in [5.74, 6) is -0.897. The number of hydrogen-bond donors (Lipinski definition) is 3. The molecule has 0 bridgehead atoms. The van der Waals surface area contributed by atoms with Gasteiger partial charge in [-0.3, -0.25) is 9.59 Å². The van der Waals surface area contributed by atoms with E-state index in [1.807, 2.05) is 23.6 Å². The van der Waals surface area contributed by atoms with Gasteiger partial charge in [-0.05, 0) is 17.5 Å². The topological polar surface area (TPSA) is 87.7 Å². The van der Waals surface area contributed by atoms with Crippen LogP contribution >= 0.6 is 11.3 Å². The van der Waals surface area contributed by atoms with E-state index in [1.54, 1.807) is 25.3 Å². The van der Waals surface area contributed by atoms with Crippen LogP contribution in [0.4, 0.5) is 0 Å². The molecule has 2 amide bonds. The van der Waals surface area contributed by atoms with Crippen LogP contribution < -0.4 is 15.4 Å². The highest BCUT2D eigenvalue weighted by Crippen LogP contribution is 2.18. The molecule has 0 spiro atoms. The van der Waals surface area contributed by atoms with Crippen LogP contribution in [0.2, 0.25) is 0 Å². The Kier molecular flexibility index (Phi) is 6.13. The Hall–Kier alpha value is -2.38. The van der Waals surface area contributed by atoms with Crippen molar-refractivity contribution < 1.29 is 19.4 Å². The largest absolute Gasteiger partial charge is 0.496 e. The molecule has 122 valence electrons. The molecule has 0 radical (unpaired) electrons. The lowest BCUT2D eigenvalue weighted by atomic mass is 10.2. The Morgan fingerprint density at radius 1 is 1.17 bits per heavy atom. The summed E-state index contributed by atoms with van der Waals surface area (Å²) in [5, 5.41) is 16.6. The van der Waals surface area contributed by atoms with Gasteiger partial charge in [-0.1, -0.05) is 24.3 Å². The van der Waals surface area contributed by atoms with Crippen molar-refractivity contribution in [3.05, 3.63) is 52.2 Å². The SMILES string of the molecule is COc1ccccc1CNC(=O)C(=O)NC[C@@H](O)c1cccs1. The van der Waals surface area contributed by atoms with E-state index in [0.29, 0.717) is 5.75 Å². The number of benzene rings is 1. The summed E-state index contributed by atoms with van der Waals surface area (Å²) in [6.45, 7) is 0.172. The number of rotatable bonds is 6. The number of carbonyl (C=O) groups excluding carboxylic acids is 2. The summed E-state index contributed by atoms with van der Waals surface area (Å²) in [5.41, 5.74) is 0.773. The molecule has 23 heavy (non-hydrogen) atoms. The van der Waals surface area contributed by atoms with E-state index in [1.165, 1.54) is 11.3 Å². The second-order valence-corrected chi connectivity index (χ2v) is 5.72. The molecule has 2 rings (SSSR count). The van der Waals surface area contributed by atoms with Crippen LogP contribution in [0.25, 0.3) is 0 Å². The minimum Gasteiger partial charge on any atom is -0.496 e. The van der Waals surface area contributed by atoms with Crippen LogP contribution in [0.1, 0.15) is 16.5 Å². The lowest BCUT2D eigenvalue weighted by Gasteiger charge is -2.11. The van der Waals surface area contributed by atoms with Crippen molar-refractivity contribution >= 4 is 23.2 Å². The Balaban J connectivity index is 1.80. The average Bonchev–Trinajstić information content (AvgIpc) is 3.12. The van der Waals surface area contributed by atoms with Crippen LogP contribution in [0.15, 0.2) is 41.8 Å². The van der Waals surface area contributed by atoms with Gasteiger partial charge in [0.1, 0.15) is 11.9 Å². The van der Waals surface area contributed by atoms with Crippen LogP contribution in [0.5, 0.6) is 5.75 Å². The predicted octanol–water partition coefficient (Wildman–Crippen LogP) is 1.22. The molecule has 2 aromatic rings. The predicted molar refractivity (Wildman–Crippen MR) is 87.1 cm³/mol. The minimum absolute atomic E-state index is 0.0125. The van der Waals surface area contributed by atoms with Crippen molar-refractivity contribution in [3.63, 3.8) is 0 Å². The highest BCUT2D eigenvalue weighted by atomic mass is 32.1. The highest BCUT2D eigenvalue weighted by Gasteiger charge is 2.16. The molecule has 0 aliphatic carbocycles. The fourth-order valence-corrected chi connectivity index (χ4v) is 2.67. The molecular formula is C16H18N2O4S. The second-order valence-electron chi connectivity index (χ2n) is 4.74. The third-order valence-electron chi connectivity index (χ3n) is 3.17. The maximum atomic E-state index is 11.8. The first kappa shape index (κ1) is 17.0. The number of carbonyl (C=O) groups is 2. The number of thiophene rings is 1. The van der Waals surface area contributed by atoms with Crippen molar-refractivity contribution in [2.45, 2.75) is 12.6 Å². The standard InChI is InChI=1S/C16H18N2O4S/c1-22-13-6-3-2-5-11(13)9-17-15(20)16(21)18-10-12(19)14-7-4-8-23-14/h2-8,12,19H,9-10H2,1H3,(H,17,20)(H,18,21)/t12-/m1/s1. The maximum Gasteiger partial charge on any atom is 0.309 e. The van der Waals surface area contributed by atoms with Gasteiger partial charge >= 0.3 is 11.8 Å². The number of para-hydroxylation sites is 1. The quantitative estimate of drug-likeness (QED) is 0.693. The third-order valence-corrected chi connectivity index (χ3v) is 4.14. The summed E-state index contributed by atoms with van der Waals surface area (Å²) in [7, 11) is 1.54. The van der Waals surface area contributed by atoms with E-state index >= 15 is 0 Å². The molecule has 0 fully saturated rings. The fraction of sp³-hybridized carbons (Fsp3) is 0.250. The number of nitrogens with one attached hydrogen (secondary N) is 2. The number of amides is 2. The van der Waals surface area contributed by atoms with Crippen LogP contribution in [-0.4, -0.2) is 30.6 Å². The number of aliphatic hydroxyl groups excluding tert-OH is 1. The molecular weight excluding hydrogens is 316 g/mol. The Morgan fingerprint density at radius 3 is 2.61 bits per heavy atom. The summed E-state index contributed by atoms with van der Waals surface area (Å²) in [6.07, 6.45) is -0.819. The summed E-state index contributed by atoms with van der Waals surface area (Å²) in [6, 6.07) is 10.8. The van der Waals surface area contributed by atoms with Crippen molar-refractivity contribution in [3.8, 4) is 5.75 Å². The van der Waals surface area contributed by atoms with Gasteiger partial charge in [-0.15, -0.1) is 11.3 Å². The molecule has 0 saturated heterocycles. The van der Waals surface area contributed by atoms with Crippen molar-refractivity contribution in [2.24, 2.45) is 0 Å². The summed E-state index contributed by atoms with van der Waals surface area (Å²) in [4.78, 5) is 24.2. The molecule has 1 heterocycles. The van der Waals surface area contributed by atoms with E-state index < -0.39 is 17.9 Å². The lowest BCUT2D eigenvalue weighted by Crippen LogP contribution is -2.41. The van der Waals surface area contributed by atoms with Gasteiger partial charge in [-0.2, -0.15) is 0 Å². The van der Waals surface area contributed by atoms with Gasteiger partial charge in [0.2, 0.25) is 0 Å². The molecule has 0 saturated carbocycles. The van der Waals surface area contributed by atoms with Crippen LogP contribution in [0, 0.1) is 0 Å². The lowest BCUT2D eigenvalue weighted by molar-refractivity contribution is -0.139. The fourth-order valence-electron chi connectivity index (χ4n) is 1.96. The van der Waals surface area contributed by atoms with E-state index in [4.69, 9.17) is 4.74 Å². The molecule has 3 N–H and O–H groups in total. The molecule has 7 heteroatoms. The zero-order valence-electron chi connectivity index (χ0n) is 12.6. The van der Waals surface area contributed by atoms with Gasteiger partial charge in [0.15, 0.2) is 0 Å². The zero-order chi connectivity index (χ0) is 16.7. The van der Waals surface area contributed by atoms with Crippen molar-refractivity contribution in [1.29, 1.82) is 0 Å². The first-order valence-electron chi connectivity index (χ1n) is 7.01. The van der Waals surface area contributed by atoms with Crippen LogP contribution in [0.3, 0.4) is 0 Å². The second kappa shape index (κ2) is 8.30. The Labute approximate surface area is 138 Å². The smallest absolute Gasteiger partial charge is 0.309 e. The van der Waals surface area contributed by atoms with Crippen molar-refractivity contribution in [2.75, 3.05) is 13.7 Å². The Morgan fingerprint density at radius 2 is 1.91 bits per heavy atom. The number of hydrogen-bond acceptors (Lipinski definition) is 5. The molecule has 1 atom stereocenters. The van der Waals surface area contributed by atoms with Gasteiger partial charge in [0.05, 0.1) is 7.11 Å². The molecule has 0 aliphatic heterocycles. The van der Waals surface area contributed by atoms with E-state index in [2.05, 4.69) is 10.6 Å². The zero-order valence-corrected chi connectivity index (χ0v) is 13.4. The maximum absolute atomic E-state index is 11.8.